The Balaban J connectivity index is 0.00000264. The Hall–Kier alpha value is -0.0900. The number of ether oxygens (including phenoxy) is 1. The van der Waals surface area contributed by atoms with Gasteiger partial charge in [-0.25, -0.2) is 8.42 Å². The molecule has 6 nitrogen and oxygen atoms in total. The van der Waals surface area contributed by atoms with E-state index < -0.39 is 14.6 Å². The smallest absolute Gasteiger partial charge is 0.193 e. The van der Waals surface area contributed by atoms with Crippen molar-refractivity contribution < 1.29 is 13.2 Å². The molecule has 1 atom stereocenters. The van der Waals surface area contributed by atoms with E-state index in [1.54, 1.807) is 7.05 Å². The van der Waals surface area contributed by atoms with Crippen LogP contribution in [0.4, 0.5) is 0 Å². The number of nitrogens with zero attached hydrogens (tertiary/aromatic N) is 2. The number of rotatable bonds is 3. The van der Waals surface area contributed by atoms with E-state index in [2.05, 4.69) is 22.1 Å². The molecule has 1 N–H and O–H groups in total. The zero-order valence-electron chi connectivity index (χ0n) is 14.4. The Bertz CT molecular complexity index is 504. The molecule has 2 fully saturated rings. The van der Waals surface area contributed by atoms with Gasteiger partial charge in [0.1, 0.15) is 0 Å². The maximum atomic E-state index is 12.3. The maximum absolute atomic E-state index is 12.3. The molecule has 1 unspecified atom stereocenters. The predicted molar refractivity (Wildman–Crippen MR) is 104 cm³/mol. The van der Waals surface area contributed by atoms with Crippen LogP contribution < -0.4 is 5.32 Å². The zero-order valence-corrected chi connectivity index (χ0v) is 17.5. The lowest BCUT2D eigenvalue weighted by Crippen LogP contribution is -2.55. The van der Waals surface area contributed by atoms with E-state index in [9.17, 15) is 8.42 Å². The van der Waals surface area contributed by atoms with Crippen LogP contribution in [0.15, 0.2) is 4.99 Å². The van der Waals surface area contributed by atoms with Crippen molar-refractivity contribution in [2.24, 2.45) is 10.9 Å². The molecule has 0 aromatic heterocycles. The Kier molecular flexibility index (Phi) is 8.06. The number of piperidine rings is 1. The first-order valence-corrected chi connectivity index (χ1v) is 10.00. The number of hydrogen-bond donors (Lipinski definition) is 1. The van der Waals surface area contributed by atoms with Gasteiger partial charge in [0.05, 0.1) is 4.75 Å². The molecule has 0 bridgehead atoms. The molecule has 136 valence electrons. The highest BCUT2D eigenvalue weighted by Gasteiger charge is 2.42. The summed E-state index contributed by atoms with van der Waals surface area (Å²) in [5.74, 6) is 1.47. The van der Waals surface area contributed by atoms with Crippen LogP contribution in [-0.4, -0.2) is 70.2 Å². The van der Waals surface area contributed by atoms with Gasteiger partial charge in [-0.3, -0.25) is 4.99 Å². The van der Waals surface area contributed by atoms with Gasteiger partial charge in [0.15, 0.2) is 15.8 Å². The summed E-state index contributed by atoms with van der Waals surface area (Å²) in [5.41, 5.74) is 0. The molecular weight excluding hydrogens is 429 g/mol. The van der Waals surface area contributed by atoms with Crippen molar-refractivity contribution >= 4 is 39.8 Å². The number of guanidine groups is 1. The number of hydrogen-bond acceptors (Lipinski definition) is 4. The van der Waals surface area contributed by atoms with Gasteiger partial charge < -0.3 is 15.0 Å². The van der Waals surface area contributed by atoms with Gasteiger partial charge in [-0.2, -0.15) is 0 Å². The topological polar surface area (TPSA) is 71.0 Å². The third-order valence-corrected chi connectivity index (χ3v) is 7.05. The van der Waals surface area contributed by atoms with Gasteiger partial charge in [0.2, 0.25) is 0 Å². The highest BCUT2D eigenvalue weighted by Crippen LogP contribution is 2.28. The van der Waals surface area contributed by atoms with Crippen molar-refractivity contribution in [3.05, 3.63) is 0 Å². The van der Waals surface area contributed by atoms with Crippen LogP contribution in [0.2, 0.25) is 0 Å². The second-order valence-electron chi connectivity index (χ2n) is 6.66. The average Bonchev–Trinajstić information content (AvgIpc) is 2.48. The number of nitrogens with one attached hydrogen (secondary N) is 1. The largest absolute Gasteiger partial charge is 0.381 e. The van der Waals surface area contributed by atoms with Gasteiger partial charge in [-0.05, 0) is 31.6 Å². The van der Waals surface area contributed by atoms with E-state index in [0.29, 0.717) is 38.5 Å². The van der Waals surface area contributed by atoms with E-state index in [-0.39, 0.29) is 24.0 Å². The Morgan fingerprint density at radius 3 is 2.57 bits per heavy atom. The van der Waals surface area contributed by atoms with Crippen molar-refractivity contribution in [2.75, 3.05) is 46.2 Å². The van der Waals surface area contributed by atoms with E-state index >= 15 is 0 Å². The minimum Gasteiger partial charge on any atom is -0.381 e. The van der Waals surface area contributed by atoms with Crippen LogP contribution in [-0.2, 0) is 14.6 Å². The van der Waals surface area contributed by atoms with Crippen molar-refractivity contribution in [2.45, 2.75) is 37.4 Å². The lowest BCUT2D eigenvalue weighted by molar-refractivity contribution is 0.0754. The number of halogens is 1. The monoisotopic (exact) mass is 459 g/mol. The second-order valence-corrected chi connectivity index (χ2v) is 9.07. The highest BCUT2D eigenvalue weighted by atomic mass is 127. The number of sulfone groups is 1. The van der Waals surface area contributed by atoms with Gasteiger partial charge in [-0.15, -0.1) is 24.0 Å². The summed E-state index contributed by atoms with van der Waals surface area (Å²) in [7, 11) is -1.39. The summed E-state index contributed by atoms with van der Waals surface area (Å²) < 4.78 is 29.2. The van der Waals surface area contributed by atoms with Gasteiger partial charge >= 0.3 is 0 Å². The molecule has 2 saturated heterocycles. The molecule has 2 aliphatic rings. The average molecular weight is 459 g/mol. The van der Waals surface area contributed by atoms with E-state index in [1.807, 2.05) is 0 Å². The molecule has 0 aliphatic carbocycles. The molecule has 0 amide bonds. The van der Waals surface area contributed by atoms with Crippen molar-refractivity contribution in [1.82, 2.24) is 10.2 Å². The van der Waals surface area contributed by atoms with Gasteiger partial charge in [-0.1, -0.05) is 6.92 Å². The standard InChI is InChI=1S/C15H29N3O3S.HI/c1-13-5-4-8-18(11-13)14(16-2)17-12-15(22(3,19)20)6-9-21-10-7-15;/h13H,4-12H2,1-3H3,(H,16,17);1H. The fourth-order valence-electron chi connectivity index (χ4n) is 3.38. The third-order valence-electron chi connectivity index (χ3n) is 4.93. The van der Waals surface area contributed by atoms with E-state index in [4.69, 9.17) is 4.74 Å². The minimum absolute atomic E-state index is 0. The fraction of sp³-hybridized carbons (Fsp3) is 0.933. The lowest BCUT2D eigenvalue weighted by Gasteiger charge is -2.38. The van der Waals surface area contributed by atoms with Crippen molar-refractivity contribution in [3.63, 3.8) is 0 Å². The molecule has 2 aliphatic heterocycles. The molecule has 0 radical (unpaired) electrons. The first-order valence-electron chi connectivity index (χ1n) is 8.11. The van der Waals surface area contributed by atoms with Crippen LogP contribution >= 0.6 is 24.0 Å². The Labute approximate surface area is 157 Å². The van der Waals surface area contributed by atoms with Crippen molar-refractivity contribution in [1.29, 1.82) is 0 Å². The fourth-order valence-corrected chi connectivity index (χ4v) is 4.62. The molecule has 0 aromatic rings. The summed E-state index contributed by atoms with van der Waals surface area (Å²) in [5, 5.41) is 3.32. The zero-order chi connectivity index (χ0) is 16.2. The van der Waals surface area contributed by atoms with E-state index in [0.717, 1.165) is 25.5 Å². The summed E-state index contributed by atoms with van der Waals surface area (Å²) in [4.78, 5) is 6.59. The first-order chi connectivity index (χ1) is 10.4. The molecule has 2 heterocycles. The quantitative estimate of drug-likeness (QED) is 0.394. The normalized spacial score (nSPS) is 25.6. The minimum atomic E-state index is -3.15. The summed E-state index contributed by atoms with van der Waals surface area (Å²) in [6.45, 7) is 5.64. The molecule has 23 heavy (non-hydrogen) atoms. The molecule has 0 spiro atoms. The highest BCUT2D eigenvalue weighted by molar-refractivity contribution is 14.0. The SMILES string of the molecule is CN=C(NCC1(S(C)(=O)=O)CCOCC1)N1CCCC(C)C1.I. The van der Waals surface area contributed by atoms with Crippen LogP contribution in [0.1, 0.15) is 32.6 Å². The Morgan fingerprint density at radius 2 is 2.04 bits per heavy atom. The number of likely N-dealkylation sites (tertiary alicyclic amines) is 1. The van der Waals surface area contributed by atoms with Crippen LogP contribution in [0.25, 0.3) is 0 Å². The summed E-state index contributed by atoms with van der Waals surface area (Å²) in [6.07, 6.45) is 4.84. The maximum Gasteiger partial charge on any atom is 0.193 e. The summed E-state index contributed by atoms with van der Waals surface area (Å²) in [6, 6.07) is 0. The predicted octanol–water partition coefficient (Wildman–Crippen LogP) is 1.51. The van der Waals surface area contributed by atoms with Crippen LogP contribution in [0, 0.1) is 5.92 Å². The molecule has 2 rings (SSSR count). The van der Waals surface area contributed by atoms with Gasteiger partial charge in [0, 0.05) is 46.2 Å². The molecule has 8 heteroatoms. The van der Waals surface area contributed by atoms with E-state index in [1.165, 1.54) is 12.7 Å². The van der Waals surface area contributed by atoms with Crippen molar-refractivity contribution in [3.8, 4) is 0 Å². The van der Waals surface area contributed by atoms with Gasteiger partial charge in [0.25, 0.3) is 0 Å². The van der Waals surface area contributed by atoms with Crippen LogP contribution in [0.5, 0.6) is 0 Å². The molecule has 0 aromatic carbocycles. The summed E-state index contributed by atoms with van der Waals surface area (Å²) >= 11 is 0. The molecule has 0 saturated carbocycles. The third kappa shape index (κ3) is 5.19. The number of aliphatic imine (C=N–C) groups is 1. The lowest BCUT2D eigenvalue weighted by atomic mass is 9.98. The second kappa shape index (κ2) is 8.84. The first kappa shape index (κ1) is 21.0. The van der Waals surface area contributed by atoms with Crippen LogP contribution in [0.3, 0.4) is 0 Å². The molecular formula is C15H30IN3O3S. The Morgan fingerprint density at radius 1 is 1.39 bits per heavy atom.